The van der Waals surface area contributed by atoms with E-state index < -0.39 is 0 Å². The number of hydrogen-bond donors (Lipinski definition) is 1. The van der Waals surface area contributed by atoms with Gasteiger partial charge in [-0.1, -0.05) is 30.3 Å². The van der Waals surface area contributed by atoms with Gasteiger partial charge < -0.3 is 5.73 Å². The molecule has 2 heterocycles. The Bertz CT molecular complexity index is 810. The van der Waals surface area contributed by atoms with Crippen molar-refractivity contribution in [2.75, 3.05) is 13.1 Å². The molecule has 0 atom stereocenters. The third kappa shape index (κ3) is 4.62. The second kappa shape index (κ2) is 8.70. The highest BCUT2D eigenvalue weighted by atomic mass is 15.1. The fourth-order valence-electron chi connectivity index (χ4n) is 3.11. The van der Waals surface area contributed by atoms with Gasteiger partial charge in [0.1, 0.15) is 0 Å². The van der Waals surface area contributed by atoms with E-state index in [1.807, 2.05) is 18.5 Å². The van der Waals surface area contributed by atoms with Gasteiger partial charge in [0.2, 0.25) is 0 Å². The van der Waals surface area contributed by atoms with Gasteiger partial charge in [0, 0.05) is 30.9 Å². The van der Waals surface area contributed by atoms with Crippen LogP contribution < -0.4 is 5.73 Å². The first-order chi connectivity index (χ1) is 12.3. The molecule has 3 aromatic rings. The summed E-state index contributed by atoms with van der Waals surface area (Å²) in [4.78, 5) is 11.6. The molecule has 0 radical (unpaired) electrons. The monoisotopic (exact) mass is 334 g/mol. The van der Waals surface area contributed by atoms with E-state index in [1.54, 1.807) is 0 Å². The van der Waals surface area contributed by atoms with E-state index in [0.717, 1.165) is 50.4 Å². The first-order valence-corrected chi connectivity index (χ1v) is 8.93. The summed E-state index contributed by atoms with van der Waals surface area (Å²) in [5.41, 5.74) is 9.17. The highest BCUT2D eigenvalue weighted by Crippen LogP contribution is 2.19. The molecular weight excluding hydrogens is 308 g/mol. The molecule has 4 nitrogen and oxygen atoms in total. The number of rotatable bonds is 8. The van der Waals surface area contributed by atoms with Crippen molar-refractivity contribution in [3.8, 4) is 0 Å². The smallest absolute Gasteiger partial charge is 0.0622 e. The van der Waals surface area contributed by atoms with E-state index in [9.17, 15) is 0 Å². The van der Waals surface area contributed by atoms with E-state index >= 15 is 0 Å². The third-order valence-electron chi connectivity index (χ3n) is 4.55. The lowest BCUT2D eigenvalue weighted by atomic mass is 10.1. The van der Waals surface area contributed by atoms with Crippen LogP contribution in [0.15, 0.2) is 54.9 Å². The SMILES string of the molecule is Cc1cccnc1CN(CCCCN)Cc1nccc2ccccc12. The Morgan fingerprint density at radius 2 is 1.68 bits per heavy atom. The molecule has 0 aliphatic carbocycles. The number of aryl methyl sites for hydroxylation is 1. The van der Waals surface area contributed by atoms with Gasteiger partial charge in [0.25, 0.3) is 0 Å². The van der Waals surface area contributed by atoms with Crippen molar-refractivity contribution in [2.45, 2.75) is 32.9 Å². The lowest BCUT2D eigenvalue weighted by molar-refractivity contribution is 0.246. The predicted molar refractivity (Wildman–Crippen MR) is 103 cm³/mol. The normalized spacial score (nSPS) is 11.3. The van der Waals surface area contributed by atoms with Gasteiger partial charge in [-0.3, -0.25) is 14.9 Å². The Morgan fingerprint density at radius 3 is 2.52 bits per heavy atom. The highest BCUT2D eigenvalue weighted by Gasteiger charge is 2.12. The van der Waals surface area contributed by atoms with Gasteiger partial charge in [0.05, 0.1) is 11.4 Å². The van der Waals surface area contributed by atoms with Crippen molar-refractivity contribution in [2.24, 2.45) is 5.73 Å². The number of nitrogens with zero attached hydrogens (tertiary/aromatic N) is 3. The van der Waals surface area contributed by atoms with E-state index in [-0.39, 0.29) is 0 Å². The number of pyridine rings is 2. The van der Waals surface area contributed by atoms with Crippen molar-refractivity contribution < 1.29 is 0 Å². The second-order valence-corrected chi connectivity index (χ2v) is 6.45. The zero-order valence-corrected chi connectivity index (χ0v) is 14.9. The molecule has 0 fully saturated rings. The molecule has 0 aliphatic heterocycles. The predicted octanol–water partition coefficient (Wildman–Crippen LogP) is 3.68. The molecule has 2 N–H and O–H groups in total. The summed E-state index contributed by atoms with van der Waals surface area (Å²) < 4.78 is 0. The third-order valence-corrected chi connectivity index (χ3v) is 4.55. The van der Waals surface area contributed by atoms with Crippen LogP contribution in [-0.2, 0) is 13.1 Å². The molecule has 0 spiro atoms. The Balaban J connectivity index is 1.82. The number of aromatic nitrogens is 2. The molecule has 3 rings (SSSR count). The van der Waals surface area contributed by atoms with Gasteiger partial charge in [-0.05, 0) is 55.9 Å². The van der Waals surface area contributed by atoms with E-state index in [0.29, 0.717) is 0 Å². The molecule has 4 heteroatoms. The minimum absolute atomic E-state index is 0.739. The standard InChI is InChI=1S/C21H26N4/c1-17-7-6-12-23-20(17)15-25(14-5-4-11-22)16-21-19-9-3-2-8-18(19)10-13-24-21/h2-3,6-10,12-13H,4-5,11,14-16,22H2,1H3. The lowest BCUT2D eigenvalue weighted by Gasteiger charge is -2.23. The average molecular weight is 334 g/mol. The molecule has 0 saturated carbocycles. The Labute approximate surface area is 149 Å². The zero-order valence-electron chi connectivity index (χ0n) is 14.9. The van der Waals surface area contributed by atoms with Crippen LogP contribution in [0.4, 0.5) is 0 Å². The first kappa shape index (κ1) is 17.5. The summed E-state index contributed by atoms with van der Waals surface area (Å²) in [6, 6.07) is 14.6. The summed E-state index contributed by atoms with van der Waals surface area (Å²) in [6.45, 7) is 5.52. The number of nitrogens with two attached hydrogens (primary N) is 1. The minimum atomic E-state index is 0.739. The van der Waals surface area contributed by atoms with Crippen molar-refractivity contribution in [1.29, 1.82) is 0 Å². The summed E-state index contributed by atoms with van der Waals surface area (Å²) in [5.74, 6) is 0. The maximum absolute atomic E-state index is 5.68. The molecule has 0 aliphatic rings. The number of benzene rings is 1. The number of fused-ring (bicyclic) bond motifs is 1. The van der Waals surface area contributed by atoms with E-state index in [4.69, 9.17) is 5.73 Å². The van der Waals surface area contributed by atoms with Crippen LogP contribution in [0.5, 0.6) is 0 Å². The number of unbranched alkanes of at least 4 members (excludes halogenated alkanes) is 1. The van der Waals surface area contributed by atoms with Gasteiger partial charge in [0.15, 0.2) is 0 Å². The van der Waals surface area contributed by atoms with Gasteiger partial charge in [-0.15, -0.1) is 0 Å². The number of hydrogen-bond acceptors (Lipinski definition) is 4. The average Bonchev–Trinajstić information content (AvgIpc) is 2.64. The molecule has 25 heavy (non-hydrogen) atoms. The highest BCUT2D eigenvalue weighted by molar-refractivity contribution is 5.84. The Morgan fingerprint density at radius 1 is 0.880 bits per heavy atom. The molecular formula is C21H26N4. The molecule has 1 aromatic carbocycles. The van der Waals surface area contributed by atoms with E-state index in [2.05, 4.69) is 58.2 Å². The molecule has 2 aromatic heterocycles. The first-order valence-electron chi connectivity index (χ1n) is 8.93. The lowest BCUT2D eigenvalue weighted by Crippen LogP contribution is -2.26. The van der Waals surface area contributed by atoms with Crippen molar-refractivity contribution in [1.82, 2.24) is 14.9 Å². The molecule has 0 bridgehead atoms. The van der Waals surface area contributed by atoms with Crippen LogP contribution in [0.1, 0.15) is 29.8 Å². The fraction of sp³-hybridized carbons (Fsp3) is 0.333. The fourth-order valence-corrected chi connectivity index (χ4v) is 3.11. The summed E-state index contributed by atoms with van der Waals surface area (Å²) in [6.07, 6.45) is 5.91. The van der Waals surface area contributed by atoms with Crippen LogP contribution in [0.2, 0.25) is 0 Å². The molecule has 0 amide bonds. The maximum Gasteiger partial charge on any atom is 0.0622 e. The largest absolute Gasteiger partial charge is 0.330 e. The van der Waals surface area contributed by atoms with Gasteiger partial charge in [-0.25, -0.2) is 0 Å². The zero-order chi connectivity index (χ0) is 17.5. The van der Waals surface area contributed by atoms with Crippen molar-refractivity contribution >= 4 is 10.8 Å². The summed E-state index contributed by atoms with van der Waals surface area (Å²) in [5, 5.41) is 2.47. The van der Waals surface area contributed by atoms with E-state index in [1.165, 1.54) is 16.3 Å². The van der Waals surface area contributed by atoms with Crippen LogP contribution in [0, 0.1) is 6.92 Å². The van der Waals surface area contributed by atoms with Crippen LogP contribution in [-0.4, -0.2) is 28.0 Å². The Hall–Kier alpha value is -2.30. The molecule has 130 valence electrons. The Kier molecular flexibility index (Phi) is 6.09. The van der Waals surface area contributed by atoms with Crippen LogP contribution in [0.3, 0.4) is 0 Å². The molecule has 0 unspecified atom stereocenters. The quantitative estimate of drug-likeness (QED) is 0.639. The van der Waals surface area contributed by atoms with Crippen molar-refractivity contribution in [3.63, 3.8) is 0 Å². The molecule has 0 saturated heterocycles. The van der Waals surface area contributed by atoms with Crippen LogP contribution in [0.25, 0.3) is 10.8 Å². The van der Waals surface area contributed by atoms with Crippen LogP contribution >= 0.6 is 0 Å². The van der Waals surface area contributed by atoms with Gasteiger partial charge in [-0.2, -0.15) is 0 Å². The summed E-state index contributed by atoms with van der Waals surface area (Å²) in [7, 11) is 0. The second-order valence-electron chi connectivity index (χ2n) is 6.45. The topological polar surface area (TPSA) is 55.0 Å². The van der Waals surface area contributed by atoms with Crippen molar-refractivity contribution in [3.05, 3.63) is 71.8 Å². The summed E-state index contributed by atoms with van der Waals surface area (Å²) >= 11 is 0. The maximum atomic E-state index is 5.68. The van der Waals surface area contributed by atoms with Gasteiger partial charge >= 0.3 is 0 Å². The minimum Gasteiger partial charge on any atom is -0.330 e.